The topological polar surface area (TPSA) is 21.3 Å². The first kappa shape index (κ1) is 18.8. The molecule has 1 N–H and O–H groups in total. The molecule has 0 spiro atoms. The Kier molecular flexibility index (Phi) is 6.96. The van der Waals surface area contributed by atoms with Gasteiger partial charge in [0.15, 0.2) is 0 Å². The normalized spacial score (nSPS) is 10.7. The Labute approximate surface area is 164 Å². The van der Waals surface area contributed by atoms with Gasteiger partial charge in [0.25, 0.3) is 0 Å². The summed E-state index contributed by atoms with van der Waals surface area (Å²) in [6.07, 6.45) is 0.958. The van der Waals surface area contributed by atoms with Crippen LogP contribution in [0.1, 0.15) is 16.7 Å². The molecule has 0 saturated carbocycles. The summed E-state index contributed by atoms with van der Waals surface area (Å²) >= 11 is 12.1. The Balaban J connectivity index is 1.52. The summed E-state index contributed by atoms with van der Waals surface area (Å²) in [5.41, 5.74) is 3.39. The van der Waals surface area contributed by atoms with Crippen molar-refractivity contribution in [3.05, 3.63) is 99.5 Å². The second-order valence-electron chi connectivity index (χ2n) is 6.04. The lowest BCUT2D eigenvalue weighted by Gasteiger charge is -2.13. The number of hydrogen-bond acceptors (Lipinski definition) is 2. The molecule has 0 fully saturated rings. The van der Waals surface area contributed by atoms with Gasteiger partial charge >= 0.3 is 0 Å². The highest BCUT2D eigenvalue weighted by Gasteiger charge is 2.05. The fourth-order valence-corrected chi connectivity index (χ4v) is 2.98. The number of rotatable bonds is 8. The molecule has 134 valence electrons. The van der Waals surface area contributed by atoms with E-state index in [4.69, 9.17) is 27.9 Å². The summed E-state index contributed by atoms with van der Waals surface area (Å²) < 4.78 is 5.99. The van der Waals surface area contributed by atoms with Crippen molar-refractivity contribution in [1.29, 1.82) is 0 Å². The molecule has 26 heavy (non-hydrogen) atoms. The van der Waals surface area contributed by atoms with Gasteiger partial charge in [-0.05, 0) is 42.8 Å². The van der Waals surface area contributed by atoms with Gasteiger partial charge in [0.2, 0.25) is 0 Å². The van der Waals surface area contributed by atoms with Crippen LogP contribution in [0.3, 0.4) is 0 Å². The van der Waals surface area contributed by atoms with E-state index in [-0.39, 0.29) is 0 Å². The van der Waals surface area contributed by atoms with Gasteiger partial charge in [-0.2, -0.15) is 0 Å². The Hall–Kier alpha value is -2.00. The Morgan fingerprint density at radius 3 is 2.23 bits per heavy atom. The number of nitrogens with one attached hydrogen (secondary N) is 1. The summed E-state index contributed by atoms with van der Waals surface area (Å²) in [4.78, 5) is 0. The van der Waals surface area contributed by atoms with Crippen LogP contribution in [0.4, 0.5) is 0 Å². The van der Waals surface area contributed by atoms with Crippen molar-refractivity contribution in [2.75, 3.05) is 6.54 Å². The van der Waals surface area contributed by atoms with E-state index in [1.54, 1.807) is 0 Å². The molecule has 0 bridgehead atoms. The molecular formula is C22H21Cl2NO. The van der Waals surface area contributed by atoms with Crippen LogP contribution in [0.15, 0.2) is 72.8 Å². The molecule has 3 aromatic carbocycles. The van der Waals surface area contributed by atoms with Crippen molar-refractivity contribution in [2.24, 2.45) is 0 Å². The molecule has 2 nitrogen and oxygen atoms in total. The summed E-state index contributed by atoms with van der Waals surface area (Å²) in [7, 11) is 0. The van der Waals surface area contributed by atoms with E-state index in [2.05, 4.69) is 23.5 Å². The maximum atomic E-state index is 6.20. The van der Waals surface area contributed by atoms with Gasteiger partial charge in [0.05, 0.1) is 0 Å². The van der Waals surface area contributed by atoms with Crippen molar-refractivity contribution in [1.82, 2.24) is 5.32 Å². The fourth-order valence-electron chi connectivity index (χ4n) is 2.67. The maximum Gasteiger partial charge on any atom is 0.124 e. The zero-order valence-corrected chi connectivity index (χ0v) is 15.9. The number of halogens is 2. The van der Waals surface area contributed by atoms with Gasteiger partial charge < -0.3 is 10.1 Å². The van der Waals surface area contributed by atoms with E-state index < -0.39 is 0 Å². The predicted molar refractivity (Wildman–Crippen MR) is 109 cm³/mol. The zero-order valence-electron chi connectivity index (χ0n) is 14.4. The van der Waals surface area contributed by atoms with E-state index in [1.165, 1.54) is 5.56 Å². The molecule has 0 aliphatic heterocycles. The highest BCUT2D eigenvalue weighted by Crippen LogP contribution is 2.22. The molecule has 0 amide bonds. The summed E-state index contributed by atoms with van der Waals surface area (Å²) in [5.74, 6) is 0.881. The van der Waals surface area contributed by atoms with Crippen molar-refractivity contribution >= 4 is 23.2 Å². The minimum absolute atomic E-state index is 0.460. The van der Waals surface area contributed by atoms with Crippen LogP contribution in [0.5, 0.6) is 5.75 Å². The van der Waals surface area contributed by atoms with Crippen molar-refractivity contribution in [3.8, 4) is 5.75 Å². The van der Waals surface area contributed by atoms with E-state index in [0.717, 1.165) is 46.4 Å². The highest BCUT2D eigenvalue weighted by molar-refractivity contribution is 6.31. The minimum Gasteiger partial charge on any atom is -0.489 e. The second-order valence-corrected chi connectivity index (χ2v) is 6.88. The fraction of sp³-hybridized carbons (Fsp3) is 0.182. The van der Waals surface area contributed by atoms with Crippen LogP contribution in [-0.2, 0) is 19.6 Å². The number of benzene rings is 3. The molecule has 0 radical (unpaired) electrons. The van der Waals surface area contributed by atoms with Crippen molar-refractivity contribution in [3.63, 3.8) is 0 Å². The largest absolute Gasteiger partial charge is 0.489 e. The molecule has 0 atom stereocenters. The molecular weight excluding hydrogens is 365 g/mol. The summed E-state index contributed by atoms with van der Waals surface area (Å²) in [6, 6.07) is 23.8. The van der Waals surface area contributed by atoms with Crippen LogP contribution >= 0.6 is 23.2 Å². The lowest BCUT2D eigenvalue weighted by molar-refractivity contribution is 0.302. The third-order valence-electron chi connectivity index (χ3n) is 4.13. The lowest BCUT2D eigenvalue weighted by Crippen LogP contribution is -2.17. The van der Waals surface area contributed by atoms with Crippen LogP contribution in [0.25, 0.3) is 0 Å². The third-order valence-corrected chi connectivity index (χ3v) is 4.75. The van der Waals surface area contributed by atoms with Crippen LogP contribution in [0.2, 0.25) is 10.0 Å². The van der Waals surface area contributed by atoms with E-state index >= 15 is 0 Å². The Morgan fingerprint density at radius 2 is 1.46 bits per heavy atom. The van der Waals surface area contributed by atoms with Crippen molar-refractivity contribution in [2.45, 2.75) is 19.6 Å². The number of ether oxygens (including phenoxy) is 1. The molecule has 4 heteroatoms. The molecule has 0 saturated heterocycles. The SMILES string of the molecule is Clc1ccc(CCNCc2ccccc2OCc2ccccc2Cl)cc1. The summed E-state index contributed by atoms with van der Waals surface area (Å²) in [6.45, 7) is 2.11. The molecule has 0 heterocycles. The average Bonchev–Trinajstić information content (AvgIpc) is 2.67. The highest BCUT2D eigenvalue weighted by atomic mass is 35.5. The van der Waals surface area contributed by atoms with Crippen LogP contribution in [-0.4, -0.2) is 6.54 Å². The standard InChI is InChI=1S/C22H21Cl2NO/c23-20-11-9-17(10-12-20)13-14-25-15-18-5-2-4-8-22(18)26-16-19-6-1-3-7-21(19)24/h1-12,25H,13-16H2. The molecule has 0 aromatic heterocycles. The van der Waals surface area contributed by atoms with Gasteiger partial charge in [0, 0.05) is 27.7 Å². The average molecular weight is 386 g/mol. The van der Waals surface area contributed by atoms with E-state index in [1.807, 2.05) is 54.6 Å². The molecule has 0 unspecified atom stereocenters. The van der Waals surface area contributed by atoms with Gasteiger partial charge in [-0.3, -0.25) is 0 Å². The molecule has 0 aliphatic carbocycles. The Morgan fingerprint density at radius 1 is 0.769 bits per heavy atom. The molecule has 0 aliphatic rings. The second kappa shape index (κ2) is 9.63. The third kappa shape index (κ3) is 5.50. The Bertz CT molecular complexity index is 834. The minimum atomic E-state index is 0.460. The summed E-state index contributed by atoms with van der Waals surface area (Å²) in [5, 5.41) is 4.97. The van der Waals surface area contributed by atoms with Gasteiger partial charge in [-0.15, -0.1) is 0 Å². The monoisotopic (exact) mass is 385 g/mol. The zero-order chi connectivity index (χ0) is 18.2. The molecule has 3 aromatic rings. The first-order valence-corrected chi connectivity index (χ1v) is 9.37. The van der Waals surface area contributed by atoms with Gasteiger partial charge in [-0.25, -0.2) is 0 Å². The number of para-hydroxylation sites is 1. The van der Waals surface area contributed by atoms with Gasteiger partial charge in [0.1, 0.15) is 12.4 Å². The quantitative estimate of drug-likeness (QED) is 0.487. The van der Waals surface area contributed by atoms with Crippen molar-refractivity contribution < 1.29 is 4.74 Å². The first-order chi connectivity index (χ1) is 12.7. The predicted octanol–water partition coefficient (Wildman–Crippen LogP) is 5.90. The smallest absolute Gasteiger partial charge is 0.124 e. The number of hydrogen-bond donors (Lipinski definition) is 1. The maximum absolute atomic E-state index is 6.20. The lowest BCUT2D eigenvalue weighted by atomic mass is 10.1. The molecule has 3 rings (SSSR count). The first-order valence-electron chi connectivity index (χ1n) is 8.61. The van der Waals surface area contributed by atoms with Crippen LogP contribution < -0.4 is 10.1 Å². The van der Waals surface area contributed by atoms with Gasteiger partial charge in [-0.1, -0.05) is 71.7 Å². The van der Waals surface area contributed by atoms with E-state index in [0.29, 0.717) is 6.61 Å². The van der Waals surface area contributed by atoms with E-state index in [9.17, 15) is 0 Å². The van der Waals surface area contributed by atoms with Crippen LogP contribution in [0, 0.1) is 0 Å².